The van der Waals surface area contributed by atoms with Crippen LogP contribution in [0.15, 0.2) is 30.3 Å². The fourth-order valence-electron chi connectivity index (χ4n) is 3.56. The SMILES string of the molecule is CCCC1CCC(COc2ccc(-c3ccc(OCC)c(F)c3F)cc2F)CO1. The van der Waals surface area contributed by atoms with Crippen LogP contribution in [0.5, 0.6) is 11.5 Å². The predicted molar refractivity (Wildman–Crippen MR) is 106 cm³/mol. The Morgan fingerprint density at radius 3 is 2.41 bits per heavy atom. The van der Waals surface area contributed by atoms with Crippen molar-refractivity contribution in [2.75, 3.05) is 19.8 Å². The summed E-state index contributed by atoms with van der Waals surface area (Å²) < 4.78 is 59.4. The van der Waals surface area contributed by atoms with Gasteiger partial charge in [-0.3, -0.25) is 0 Å². The largest absolute Gasteiger partial charge is 0.491 e. The Labute approximate surface area is 169 Å². The second-order valence-corrected chi connectivity index (χ2v) is 7.32. The van der Waals surface area contributed by atoms with Crippen molar-refractivity contribution in [2.45, 2.75) is 45.6 Å². The Morgan fingerprint density at radius 1 is 0.966 bits per heavy atom. The molecule has 0 radical (unpaired) electrons. The normalized spacial score (nSPS) is 19.2. The van der Waals surface area contributed by atoms with Gasteiger partial charge in [0.05, 0.1) is 25.9 Å². The maximum absolute atomic E-state index is 14.5. The topological polar surface area (TPSA) is 27.7 Å². The van der Waals surface area contributed by atoms with Crippen LogP contribution in [-0.2, 0) is 4.74 Å². The molecule has 1 fully saturated rings. The lowest BCUT2D eigenvalue weighted by atomic mass is 9.97. The molecule has 1 aliphatic rings. The Kier molecular flexibility index (Phi) is 7.42. The lowest BCUT2D eigenvalue weighted by Crippen LogP contribution is -2.29. The van der Waals surface area contributed by atoms with Crippen molar-refractivity contribution in [3.8, 4) is 22.6 Å². The molecule has 0 aromatic heterocycles. The average molecular weight is 408 g/mol. The van der Waals surface area contributed by atoms with E-state index in [-0.39, 0.29) is 35.2 Å². The minimum atomic E-state index is -1.08. The molecule has 0 bridgehead atoms. The van der Waals surface area contributed by atoms with Crippen LogP contribution < -0.4 is 9.47 Å². The quantitative estimate of drug-likeness (QED) is 0.525. The fourth-order valence-corrected chi connectivity index (χ4v) is 3.56. The van der Waals surface area contributed by atoms with Gasteiger partial charge in [-0.25, -0.2) is 8.78 Å². The van der Waals surface area contributed by atoms with E-state index in [0.717, 1.165) is 31.7 Å². The predicted octanol–water partition coefficient (Wildman–Crippen LogP) is 6.14. The van der Waals surface area contributed by atoms with Gasteiger partial charge in [-0.2, -0.15) is 4.39 Å². The van der Waals surface area contributed by atoms with Gasteiger partial charge in [0, 0.05) is 11.5 Å². The standard InChI is InChI=1S/C23H27F3O3/c1-3-5-17-8-6-15(13-28-17)14-29-20-10-7-16(12-19(20)24)18-9-11-21(27-4-2)23(26)22(18)25/h7,9-12,15,17H,3-6,8,13-14H2,1-2H3. The summed E-state index contributed by atoms with van der Waals surface area (Å²) in [6.07, 6.45) is 4.46. The summed E-state index contributed by atoms with van der Waals surface area (Å²) in [7, 11) is 0. The first-order valence-electron chi connectivity index (χ1n) is 10.2. The maximum Gasteiger partial charge on any atom is 0.201 e. The van der Waals surface area contributed by atoms with Gasteiger partial charge in [0.1, 0.15) is 0 Å². The first-order chi connectivity index (χ1) is 14.0. The van der Waals surface area contributed by atoms with Crippen LogP contribution in [0.25, 0.3) is 11.1 Å². The average Bonchev–Trinajstić information content (AvgIpc) is 2.72. The zero-order valence-corrected chi connectivity index (χ0v) is 16.8. The molecule has 2 atom stereocenters. The van der Waals surface area contributed by atoms with Crippen LogP contribution in [0.3, 0.4) is 0 Å². The summed E-state index contributed by atoms with van der Waals surface area (Å²) in [6, 6.07) is 6.84. The van der Waals surface area contributed by atoms with Gasteiger partial charge in [0.25, 0.3) is 0 Å². The molecule has 1 heterocycles. The van der Waals surface area contributed by atoms with E-state index in [1.54, 1.807) is 6.92 Å². The third kappa shape index (κ3) is 5.24. The molecule has 2 unspecified atom stereocenters. The van der Waals surface area contributed by atoms with Crippen LogP contribution in [0.1, 0.15) is 39.5 Å². The van der Waals surface area contributed by atoms with Gasteiger partial charge < -0.3 is 14.2 Å². The Balaban J connectivity index is 1.64. The number of hydrogen-bond acceptors (Lipinski definition) is 3. The van der Waals surface area contributed by atoms with E-state index in [1.807, 2.05) is 0 Å². The minimum absolute atomic E-state index is 0.0287. The summed E-state index contributed by atoms with van der Waals surface area (Å²) in [6.45, 7) is 5.02. The first kappa shape index (κ1) is 21.5. The molecular weight excluding hydrogens is 381 g/mol. The Morgan fingerprint density at radius 2 is 1.76 bits per heavy atom. The van der Waals surface area contributed by atoms with E-state index in [9.17, 15) is 13.2 Å². The fraction of sp³-hybridized carbons (Fsp3) is 0.478. The highest BCUT2D eigenvalue weighted by Crippen LogP contribution is 2.32. The van der Waals surface area contributed by atoms with E-state index in [1.165, 1.54) is 24.3 Å². The molecule has 3 rings (SSSR count). The molecule has 158 valence electrons. The number of hydrogen-bond donors (Lipinski definition) is 0. The van der Waals surface area contributed by atoms with E-state index in [4.69, 9.17) is 14.2 Å². The highest BCUT2D eigenvalue weighted by Gasteiger charge is 2.22. The molecular formula is C23H27F3O3. The number of halogens is 3. The smallest absolute Gasteiger partial charge is 0.201 e. The summed E-state index contributed by atoms with van der Waals surface area (Å²) in [4.78, 5) is 0. The van der Waals surface area contributed by atoms with E-state index in [0.29, 0.717) is 19.3 Å². The van der Waals surface area contributed by atoms with Crippen molar-refractivity contribution in [1.29, 1.82) is 0 Å². The summed E-state index contributed by atoms with van der Waals surface area (Å²) in [5, 5.41) is 0. The van der Waals surface area contributed by atoms with Crippen molar-refractivity contribution in [2.24, 2.45) is 5.92 Å². The monoisotopic (exact) mass is 408 g/mol. The first-order valence-corrected chi connectivity index (χ1v) is 10.2. The lowest BCUT2D eigenvalue weighted by molar-refractivity contribution is -0.0309. The molecule has 1 aliphatic heterocycles. The molecule has 0 amide bonds. The second kappa shape index (κ2) is 10.0. The summed E-state index contributed by atoms with van der Waals surface area (Å²) >= 11 is 0. The molecule has 29 heavy (non-hydrogen) atoms. The van der Waals surface area contributed by atoms with Gasteiger partial charge in [0.2, 0.25) is 5.82 Å². The Hall–Kier alpha value is -2.21. The molecule has 0 spiro atoms. The van der Waals surface area contributed by atoms with Crippen LogP contribution in [-0.4, -0.2) is 25.9 Å². The third-order valence-electron chi connectivity index (χ3n) is 5.14. The zero-order chi connectivity index (χ0) is 20.8. The van der Waals surface area contributed by atoms with Crippen molar-refractivity contribution in [3.63, 3.8) is 0 Å². The van der Waals surface area contributed by atoms with Crippen molar-refractivity contribution < 1.29 is 27.4 Å². The molecule has 6 heteroatoms. The highest BCUT2D eigenvalue weighted by molar-refractivity contribution is 5.66. The van der Waals surface area contributed by atoms with Crippen LogP contribution in [0, 0.1) is 23.4 Å². The number of rotatable bonds is 8. The van der Waals surface area contributed by atoms with Crippen molar-refractivity contribution in [1.82, 2.24) is 0 Å². The highest BCUT2D eigenvalue weighted by atomic mass is 19.2. The maximum atomic E-state index is 14.5. The molecule has 2 aromatic rings. The second-order valence-electron chi connectivity index (χ2n) is 7.32. The van der Waals surface area contributed by atoms with Gasteiger partial charge >= 0.3 is 0 Å². The molecule has 2 aromatic carbocycles. The minimum Gasteiger partial charge on any atom is -0.491 e. The van der Waals surface area contributed by atoms with E-state index < -0.39 is 17.5 Å². The molecule has 3 nitrogen and oxygen atoms in total. The molecule has 1 saturated heterocycles. The Bertz CT molecular complexity index is 817. The van der Waals surface area contributed by atoms with Crippen molar-refractivity contribution >= 4 is 0 Å². The van der Waals surface area contributed by atoms with Crippen molar-refractivity contribution in [3.05, 3.63) is 47.8 Å². The van der Waals surface area contributed by atoms with Gasteiger partial charge in [-0.1, -0.05) is 19.4 Å². The van der Waals surface area contributed by atoms with E-state index in [2.05, 4.69) is 6.92 Å². The van der Waals surface area contributed by atoms with Crippen LogP contribution in [0.2, 0.25) is 0 Å². The van der Waals surface area contributed by atoms with Gasteiger partial charge in [0.15, 0.2) is 23.1 Å². The lowest BCUT2D eigenvalue weighted by Gasteiger charge is -2.28. The third-order valence-corrected chi connectivity index (χ3v) is 5.14. The zero-order valence-electron chi connectivity index (χ0n) is 16.8. The molecule has 0 aliphatic carbocycles. The van der Waals surface area contributed by atoms with Crippen LogP contribution >= 0.6 is 0 Å². The molecule has 0 saturated carbocycles. The summed E-state index contributed by atoms with van der Waals surface area (Å²) in [5.74, 6) is -2.60. The number of ether oxygens (including phenoxy) is 3. The summed E-state index contributed by atoms with van der Waals surface area (Å²) in [5.41, 5.74) is 0.205. The number of benzene rings is 2. The van der Waals surface area contributed by atoms with Gasteiger partial charge in [-0.15, -0.1) is 0 Å². The van der Waals surface area contributed by atoms with Gasteiger partial charge in [-0.05, 0) is 56.0 Å². The van der Waals surface area contributed by atoms with Crippen LogP contribution in [0.4, 0.5) is 13.2 Å². The molecule has 0 N–H and O–H groups in total. The van der Waals surface area contributed by atoms with E-state index >= 15 is 0 Å².